The van der Waals surface area contributed by atoms with Gasteiger partial charge in [0.15, 0.2) is 0 Å². The number of hydrogen-bond acceptors (Lipinski definition) is 3. The summed E-state index contributed by atoms with van der Waals surface area (Å²) in [5, 5.41) is 7.38. The van der Waals surface area contributed by atoms with Crippen molar-refractivity contribution in [2.24, 2.45) is 0 Å². The fraction of sp³-hybridized carbons (Fsp3) is 0.250. The standard InChI is InChI=1S/C12H10F2N4O/c13-8-2-1-3-9(14)11(8)17-6-4-10(12(17)19)18-7-5-15-16-18/h1-3,5,7,10H,4,6H2/t10-/m0/s1. The number of rotatable bonds is 2. The summed E-state index contributed by atoms with van der Waals surface area (Å²) in [6.07, 6.45) is 3.46. The minimum atomic E-state index is -0.743. The van der Waals surface area contributed by atoms with Crippen LogP contribution in [-0.4, -0.2) is 27.4 Å². The van der Waals surface area contributed by atoms with Crippen LogP contribution in [0.25, 0.3) is 0 Å². The molecule has 1 aliphatic heterocycles. The maximum absolute atomic E-state index is 13.7. The van der Waals surface area contributed by atoms with Gasteiger partial charge in [0.1, 0.15) is 23.4 Å². The maximum atomic E-state index is 13.7. The molecule has 0 bridgehead atoms. The Morgan fingerprint density at radius 1 is 1.26 bits per heavy atom. The van der Waals surface area contributed by atoms with E-state index in [1.54, 1.807) is 6.20 Å². The number of benzene rings is 1. The lowest BCUT2D eigenvalue weighted by atomic mass is 10.2. The molecule has 2 heterocycles. The van der Waals surface area contributed by atoms with Gasteiger partial charge in [-0.1, -0.05) is 11.3 Å². The van der Waals surface area contributed by atoms with Crippen LogP contribution in [0.15, 0.2) is 30.6 Å². The SMILES string of the molecule is O=C1[C@@H](n2ccnn2)CCN1c1c(F)cccc1F. The number of amides is 1. The van der Waals surface area contributed by atoms with E-state index in [4.69, 9.17) is 0 Å². The number of para-hydroxylation sites is 1. The van der Waals surface area contributed by atoms with Gasteiger partial charge in [-0.3, -0.25) is 4.79 Å². The molecule has 1 aliphatic rings. The van der Waals surface area contributed by atoms with Crippen molar-refractivity contribution in [1.82, 2.24) is 15.0 Å². The Labute approximate surface area is 107 Å². The number of hydrogen-bond donors (Lipinski definition) is 0. The van der Waals surface area contributed by atoms with E-state index < -0.39 is 17.7 Å². The van der Waals surface area contributed by atoms with Crippen LogP contribution in [0.2, 0.25) is 0 Å². The molecule has 0 N–H and O–H groups in total. The summed E-state index contributed by atoms with van der Waals surface area (Å²) in [5.74, 6) is -1.87. The first-order valence-corrected chi connectivity index (χ1v) is 5.79. The molecule has 3 rings (SSSR count). The van der Waals surface area contributed by atoms with E-state index in [9.17, 15) is 13.6 Å². The van der Waals surface area contributed by atoms with Gasteiger partial charge >= 0.3 is 0 Å². The van der Waals surface area contributed by atoms with Crippen LogP contribution >= 0.6 is 0 Å². The van der Waals surface area contributed by atoms with E-state index in [1.165, 1.54) is 16.9 Å². The summed E-state index contributed by atoms with van der Waals surface area (Å²) in [5.41, 5.74) is -0.296. The number of aromatic nitrogens is 3. The monoisotopic (exact) mass is 264 g/mol. The lowest BCUT2D eigenvalue weighted by Gasteiger charge is -2.18. The highest BCUT2D eigenvalue weighted by molar-refractivity contribution is 5.98. The third-order valence-electron chi connectivity index (χ3n) is 3.15. The van der Waals surface area contributed by atoms with Crippen LogP contribution in [0.4, 0.5) is 14.5 Å². The number of nitrogens with zero attached hydrogens (tertiary/aromatic N) is 4. The zero-order chi connectivity index (χ0) is 13.4. The smallest absolute Gasteiger partial charge is 0.252 e. The molecule has 1 aromatic carbocycles. The van der Waals surface area contributed by atoms with Gasteiger partial charge < -0.3 is 4.90 Å². The predicted molar refractivity (Wildman–Crippen MR) is 62.4 cm³/mol. The van der Waals surface area contributed by atoms with Crippen LogP contribution < -0.4 is 4.90 Å². The van der Waals surface area contributed by atoms with Gasteiger partial charge in [-0.25, -0.2) is 13.5 Å². The molecule has 0 spiro atoms. The first kappa shape index (κ1) is 11.8. The Morgan fingerprint density at radius 3 is 2.63 bits per heavy atom. The van der Waals surface area contributed by atoms with Crippen molar-refractivity contribution >= 4 is 11.6 Å². The molecule has 0 unspecified atom stereocenters. The molecular weight excluding hydrogens is 254 g/mol. The van der Waals surface area contributed by atoms with E-state index in [1.807, 2.05) is 0 Å². The van der Waals surface area contributed by atoms with Crippen molar-refractivity contribution in [2.45, 2.75) is 12.5 Å². The molecule has 98 valence electrons. The first-order chi connectivity index (χ1) is 9.18. The predicted octanol–water partition coefficient (Wildman–Crippen LogP) is 1.53. The number of halogens is 2. The summed E-state index contributed by atoms with van der Waals surface area (Å²) in [6, 6.07) is 2.98. The summed E-state index contributed by atoms with van der Waals surface area (Å²) in [4.78, 5) is 13.3. The van der Waals surface area contributed by atoms with Crippen molar-refractivity contribution in [2.75, 3.05) is 11.4 Å². The molecule has 1 amide bonds. The molecule has 0 aliphatic carbocycles. The highest BCUT2D eigenvalue weighted by Crippen LogP contribution is 2.31. The lowest BCUT2D eigenvalue weighted by molar-refractivity contribution is -0.120. The van der Waals surface area contributed by atoms with Gasteiger partial charge in [0.25, 0.3) is 5.91 Å². The van der Waals surface area contributed by atoms with E-state index in [2.05, 4.69) is 10.3 Å². The topological polar surface area (TPSA) is 51.0 Å². The van der Waals surface area contributed by atoms with Gasteiger partial charge in [-0.15, -0.1) is 5.10 Å². The fourth-order valence-corrected chi connectivity index (χ4v) is 2.26. The van der Waals surface area contributed by atoms with Gasteiger partial charge in [0, 0.05) is 12.7 Å². The van der Waals surface area contributed by atoms with Crippen molar-refractivity contribution in [3.8, 4) is 0 Å². The largest absolute Gasteiger partial charge is 0.305 e. The van der Waals surface area contributed by atoms with Crippen molar-refractivity contribution in [3.63, 3.8) is 0 Å². The van der Waals surface area contributed by atoms with Crippen LogP contribution in [0.5, 0.6) is 0 Å². The number of carbonyl (C=O) groups excluding carboxylic acids is 1. The van der Waals surface area contributed by atoms with Crippen molar-refractivity contribution < 1.29 is 13.6 Å². The quantitative estimate of drug-likeness (QED) is 0.826. The van der Waals surface area contributed by atoms with Crippen molar-refractivity contribution in [1.29, 1.82) is 0 Å². The van der Waals surface area contributed by atoms with Crippen LogP contribution in [-0.2, 0) is 4.79 Å². The van der Waals surface area contributed by atoms with Crippen LogP contribution in [0.3, 0.4) is 0 Å². The van der Waals surface area contributed by atoms with Gasteiger partial charge in [-0.05, 0) is 18.6 Å². The fourth-order valence-electron chi connectivity index (χ4n) is 2.26. The molecule has 1 fully saturated rings. The molecule has 0 radical (unpaired) electrons. The normalized spacial score (nSPS) is 19.2. The zero-order valence-electron chi connectivity index (χ0n) is 9.83. The Hall–Kier alpha value is -2.31. The molecule has 1 aromatic heterocycles. The average molecular weight is 264 g/mol. The summed E-state index contributed by atoms with van der Waals surface area (Å²) in [6.45, 7) is 0.251. The Bertz CT molecular complexity index is 594. The lowest BCUT2D eigenvalue weighted by Crippen LogP contribution is -2.30. The van der Waals surface area contributed by atoms with Gasteiger partial charge in [0.05, 0.1) is 6.20 Å². The van der Waals surface area contributed by atoms with Crippen LogP contribution in [0, 0.1) is 11.6 Å². The van der Waals surface area contributed by atoms with Gasteiger partial charge in [-0.2, -0.15) is 0 Å². The second kappa shape index (κ2) is 4.42. The van der Waals surface area contributed by atoms with E-state index in [-0.39, 0.29) is 18.1 Å². The van der Waals surface area contributed by atoms with Gasteiger partial charge in [0.2, 0.25) is 0 Å². The van der Waals surface area contributed by atoms with Crippen LogP contribution in [0.1, 0.15) is 12.5 Å². The molecule has 1 atom stereocenters. The molecular formula is C12H10F2N4O. The molecule has 0 saturated carbocycles. The van der Waals surface area contributed by atoms with E-state index in [0.29, 0.717) is 6.42 Å². The second-order valence-corrected chi connectivity index (χ2v) is 4.25. The Balaban J connectivity index is 1.94. The molecule has 2 aromatic rings. The summed E-state index contributed by atoms with van der Waals surface area (Å²) >= 11 is 0. The van der Waals surface area contributed by atoms with E-state index >= 15 is 0 Å². The molecule has 1 saturated heterocycles. The Morgan fingerprint density at radius 2 is 2.00 bits per heavy atom. The second-order valence-electron chi connectivity index (χ2n) is 4.25. The van der Waals surface area contributed by atoms with E-state index in [0.717, 1.165) is 17.0 Å². The first-order valence-electron chi connectivity index (χ1n) is 5.79. The summed E-state index contributed by atoms with van der Waals surface area (Å²) in [7, 11) is 0. The minimum absolute atomic E-state index is 0.251. The number of carbonyl (C=O) groups is 1. The Kier molecular flexibility index (Phi) is 2.73. The molecule has 19 heavy (non-hydrogen) atoms. The van der Waals surface area contributed by atoms with Crippen molar-refractivity contribution in [3.05, 3.63) is 42.2 Å². The number of anilines is 1. The highest BCUT2D eigenvalue weighted by atomic mass is 19.1. The average Bonchev–Trinajstić information content (AvgIpc) is 3.00. The molecule has 5 nitrogen and oxygen atoms in total. The third-order valence-corrected chi connectivity index (χ3v) is 3.15. The maximum Gasteiger partial charge on any atom is 0.252 e. The zero-order valence-corrected chi connectivity index (χ0v) is 9.83. The minimum Gasteiger partial charge on any atom is -0.305 e. The highest BCUT2D eigenvalue weighted by Gasteiger charge is 2.36. The third kappa shape index (κ3) is 1.87. The summed E-state index contributed by atoms with van der Waals surface area (Å²) < 4.78 is 28.8. The molecule has 7 heteroatoms.